The summed E-state index contributed by atoms with van der Waals surface area (Å²) in [7, 11) is 0. The average Bonchev–Trinajstić information content (AvgIpc) is 2.80. The lowest BCUT2D eigenvalue weighted by molar-refractivity contribution is -0.129. The van der Waals surface area contributed by atoms with Crippen LogP contribution in [0.1, 0.15) is 24.5 Å². The van der Waals surface area contributed by atoms with Gasteiger partial charge in [0.05, 0.1) is 5.41 Å². The zero-order chi connectivity index (χ0) is 13.0. The number of aryl methyl sites for hydroxylation is 1. The first-order valence-electron chi connectivity index (χ1n) is 6.65. The van der Waals surface area contributed by atoms with Crippen LogP contribution in [0.2, 0.25) is 0 Å². The van der Waals surface area contributed by atoms with E-state index in [4.69, 9.17) is 0 Å². The number of hydrogen-bond acceptors (Lipinski definition) is 2. The summed E-state index contributed by atoms with van der Waals surface area (Å²) >= 11 is 0. The van der Waals surface area contributed by atoms with E-state index in [0.717, 1.165) is 32.5 Å². The highest BCUT2D eigenvalue weighted by Crippen LogP contribution is 2.24. The van der Waals surface area contributed by atoms with Crippen molar-refractivity contribution in [2.75, 3.05) is 19.6 Å². The standard InChI is InChI=1S/C15H22N2O/c1-12-5-3-4-6-13(12)7-9-17-14(18)15(2)8-10-16-11-15/h3-6,16H,7-11H2,1-2H3,(H,17,18). The fourth-order valence-electron chi connectivity index (χ4n) is 2.43. The molecule has 0 radical (unpaired) electrons. The van der Waals surface area contributed by atoms with Gasteiger partial charge in [0, 0.05) is 13.1 Å². The van der Waals surface area contributed by atoms with E-state index in [9.17, 15) is 4.79 Å². The molecule has 1 amide bonds. The Labute approximate surface area is 109 Å². The van der Waals surface area contributed by atoms with E-state index in [1.54, 1.807) is 0 Å². The van der Waals surface area contributed by atoms with Crippen LogP contribution < -0.4 is 10.6 Å². The SMILES string of the molecule is Cc1ccccc1CCNC(=O)C1(C)CCNC1. The zero-order valence-electron chi connectivity index (χ0n) is 11.3. The highest BCUT2D eigenvalue weighted by molar-refractivity contribution is 5.82. The Kier molecular flexibility index (Phi) is 4.02. The molecule has 1 aromatic rings. The number of carbonyl (C=O) groups excluding carboxylic acids is 1. The van der Waals surface area contributed by atoms with Crippen molar-refractivity contribution in [2.24, 2.45) is 5.41 Å². The van der Waals surface area contributed by atoms with Gasteiger partial charge in [0.25, 0.3) is 0 Å². The summed E-state index contributed by atoms with van der Waals surface area (Å²) < 4.78 is 0. The van der Waals surface area contributed by atoms with Crippen LogP contribution in [0.5, 0.6) is 0 Å². The van der Waals surface area contributed by atoms with Crippen molar-refractivity contribution in [3.05, 3.63) is 35.4 Å². The van der Waals surface area contributed by atoms with Gasteiger partial charge in [0.15, 0.2) is 0 Å². The summed E-state index contributed by atoms with van der Waals surface area (Å²) in [4.78, 5) is 12.1. The monoisotopic (exact) mass is 246 g/mol. The Hall–Kier alpha value is -1.35. The van der Waals surface area contributed by atoms with Crippen molar-refractivity contribution in [3.63, 3.8) is 0 Å². The minimum atomic E-state index is -0.217. The summed E-state index contributed by atoms with van der Waals surface area (Å²) in [5.74, 6) is 0.182. The molecule has 0 aliphatic carbocycles. The maximum Gasteiger partial charge on any atom is 0.227 e. The first kappa shape index (κ1) is 13.1. The minimum absolute atomic E-state index is 0.182. The number of hydrogen-bond donors (Lipinski definition) is 2. The third-order valence-corrected chi connectivity index (χ3v) is 3.86. The predicted octanol–water partition coefficient (Wildman–Crippen LogP) is 1.65. The Balaban J connectivity index is 1.82. The van der Waals surface area contributed by atoms with Crippen LogP contribution in [-0.4, -0.2) is 25.5 Å². The van der Waals surface area contributed by atoms with E-state index in [0.29, 0.717) is 0 Å². The zero-order valence-corrected chi connectivity index (χ0v) is 11.3. The number of carbonyl (C=O) groups is 1. The smallest absolute Gasteiger partial charge is 0.227 e. The molecule has 2 rings (SSSR count). The van der Waals surface area contributed by atoms with Crippen molar-refractivity contribution in [3.8, 4) is 0 Å². The van der Waals surface area contributed by atoms with Crippen LogP contribution in [0.3, 0.4) is 0 Å². The second kappa shape index (κ2) is 5.53. The van der Waals surface area contributed by atoms with Gasteiger partial charge in [0.1, 0.15) is 0 Å². The van der Waals surface area contributed by atoms with E-state index in [1.165, 1.54) is 11.1 Å². The third kappa shape index (κ3) is 2.91. The van der Waals surface area contributed by atoms with Crippen LogP contribution in [0.15, 0.2) is 24.3 Å². The van der Waals surface area contributed by atoms with Crippen molar-refractivity contribution >= 4 is 5.91 Å². The van der Waals surface area contributed by atoms with Crippen molar-refractivity contribution in [2.45, 2.75) is 26.7 Å². The molecule has 0 spiro atoms. The van der Waals surface area contributed by atoms with Gasteiger partial charge in [-0.25, -0.2) is 0 Å². The first-order valence-corrected chi connectivity index (χ1v) is 6.65. The van der Waals surface area contributed by atoms with Gasteiger partial charge in [-0.15, -0.1) is 0 Å². The van der Waals surface area contributed by atoms with E-state index in [2.05, 4.69) is 29.7 Å². The average molecular weight is 246 g/mol. The van der Waals surface area contributed by atoms with E-state index < -0.39 is 0 Å². The largest absolute Gasteiger partial charge is 0.355 e. The molecule has 0 aromatic heterocycles. The molecule has 1 heterocycles. The molecule has 1 unspecified atom stereocenters. The summed E-state index contributed by atoms with van der Waals surface area (Å²) in [6.07, 6.45) is 1.84. The van der Waals surface area contributed by atoms with Gasteiger partial charge in [-0.3, -0.25) is 4.79 Å². The van der Waals surface area contributed by atoms with Gasteiger partial charge >= 0.3 is 0 Å². The van der Waals surface area contributed by atoms with Crippen LogP contribution in [0.4, 0.5) is 0 Å². The second-order valence-electron chi connectivity index (χ2n) is 5.42. The summed E-state index contributed by atoms with van der Waals surface area (Å²) in [5, 5.41) is 6.31. The van der Waals surface area contributed by atoms with Gasteiger partial charge < -0.3 is 10.6 Å². The topological polar surface area (TPSA) is 41.1 Å². The Morgan fingerprint density at radius 3 is 2.89 bits per heavy atom. The summed E-state index contributed by atoms with van der Waals surface area (Å²) in [6.45, 7) is 6.61. The third-order valence-electron chi connectivity index (χ3n) is 3.86. The van der Waals surface area contributed by atoms with Gasteiger partial charge in [0.2, 0.25) is 5.91 Å². The molecule has 1 aliphatic rings. The van der Waals surface area contributed by atoms with Gasteiger partial charge in [-0.2, -0.15) is 0 Å². The molecule has 3 nitrogen and oxygen atoms in total. The number of rotatable bonds is 4. The predicted molar refractivity (Wildman–Crippen MR) is 73.5 cm³/mol. The molecule has 1 aliphatic heterocycles. The van der Waals surface area contributed by atoms with Gasteiger partial charge in [-0.1, -0.05) is 24.3 Å². The molecular weight excluding hydrogens is 224 g/mol. The van der Waals surface area contributed by atoms with Crippen LogP contribution in [0, 0.1) is 12.3 Å². The quantitative estimate of drug-likeness (QED) is 0.848. The highest BCUT2D eigenvalue weighted by Gasteiger charge is 2.35. The Bertz CT molecular complexity index is 422. The van der Waals surface area contributed by atoms with Crippen molar-refractivity contribution < 1.29 is 4.79 Å². The normalized spacial score (nSPS) is 23.0. The van der Waals surface area contributed by atoms with E-state index in [1.807, 2.05) is 19.1 Å². The minimum Gasteiger partial charge on any atom is -0.355 e. The second-order valence-corrected chi connectivity index (χ2v) is 5.42. The van der Waals surface area contributed by atoms with Crippen LogP contribution in [0.25, 0.3) is 0 Å². The van der Waals surface area contributed by atoms with Gasteiger partial charge in [-0.05, 0) is 44.4 Å². The molecule has 0 bridgehead atoms. The lowest BCUT2D eigenvalue weighted by atomic mass is 9.89. The Morgan fingerprint density at radius 1 is 1.44 bits per heavy atom. The number of benzene rings is 1. The molecule has 98 valence electrons. The summed E-state index contributed by atoms with van der Waals surface area (Å²) in [5.41, 5.74) is 2.39. The fourth-order valence-corrected chi connectivity index (χ4v) is 2.43. The molecular formula is C15H22N2O. The van der Waals surface area contributed by atoms with Crippen molar-refractivity contribution in [1.82, 2.24) is 10.6 Å². The first-order chi connectivity index (χ1) is 8.62. The molecule has 1 saturated heterocycles. The highest BCUT2D eigenvalue weighted by atomic mass is 16.2. The van der Waals surface area contributed by atoms with Crippen molar-refractivity contribution in [1.29, 1.82) is 0 Å². The molecule has 0 saturated carbocycles. The van der Waals surface area contributed by atoms with Crippen LogP contribution in [-0.2, 0) is 11.2 Å². The van der Waals surface area contributed by atoms with E-state index in [-0.39, 0.29) is 11.3 Å². The molecule has 1 fully saturated rings. The maximum absolute atomic E-state index is 12.1. The molecule has 1 aromatic carbocycles. The Morgan fingerprint density at radius 2 is 2.22 bits per heavy atom. The van der Waals surface area contributed by atoms with Crippen LogP contribution >= 0.6 is 0 Å². The summed E-state index contributed by atoms with van der Waals surface area (Å²) in [6, 6.07) is 8.33. The lowest BCUT2D eigenvalue weighted by Crippen LogP contribution is -2.41. The number of amides is 1. The molecule has 18 heavy (non-hydrogen) atoms. The maximum atomic E-state index is 12.1. The molecule has 1 atom stereocenters. The number of nitrogens with one attached hydrogen (secondary N) is 2. The van der Waals surface area contributed by atoms with E-state index >= 15 is 0 Å². The molecule has 3 heteroatoms. The fraction of sp³-hybridized carbons (Fsp3) is 0.533. The lowest BCUT2D eigenvalue weighted by Gasteiger charge is -2.21. The molecule has 2 N–H and O–H groups in total.